The molecular formula is C15H14ClNO2. The first kappa shape index (κ1) is 12.3. The van der Waals surface area contributed by atoms with Gasteiger partial charge in [0.05, 0.1) is 6.26 Å². The molecule has 0 spiro atoms. The van der Waals surface area contributed by atoms with Crippen LogP contribution in [0.3, 0.4) is 0 Å². The van der Waals surface area contributed by atoms with Crippen molar-refractivity contribution >= 4 is 34.1 Å². The molecule has 0 atom stereocenters. The van der Waals surface area contributed by atoms with Crippen molar-refractivity contribution in [3.63, 3.8) is 0 Å². The van der Waals surface area contributed by atoms with E-state index in [9.17, 15) is 4.79 Å². The van der Waals surface area contributed by atoms with E-state index in [1.54, 1.807) is 11.2 Å². The summed E-state index contributed by atoms with van der Waals surface area (Å²) in [5.74, 6) is 0.0462. The molecule has 2 heterocycles. The third-order valence-corrected chi connectivity index (χ3v) is 3.73. The third-order valence-electron chi connectivity index (χ3n) is 3.50. The zero-order valence-electron chi connectivity index (χ0n) is 10.4. The number of alkyl halides is 1. The molecule has 0 bridgehead atoms. The van der Waals surface area contributed by atoms with E-state index in [1.807, 2.05) is 18.2 Å². The van der Waals surface area contributed by atoms with E-state index in [1.165, 1.54) is 5.57 Å². The molecule has 0 fully saturated rings. The SMILES string of the molecule is O=C(CCl)N1CC=C(c2cccc3ccoc23)CC1. The summed E-state index contributed by atoms with van der Waals surface area (Å²) in [5, 5.41) is 1.11. The largest absolute Gasteiger partial charge is 0.464 e. The van der Waals surface area contributed by atoms with E-state index in [0.717, 1.165) is 23.0 Å². The van der Waals surface area contributed by atoms with Gasteiger partial charge in [0.15, 0.2) is 0 Å². The van der Waals surface area contributed by atoms with Crippen molar-refractivity contribution in [2.75, 3.05) is 19.0 Å². The van der Waals surface area contributed by atoms with Crippen molar-refractivity contribution in [1.29, 1.82) is 0 Å². The summed E-state index contributed by atoms with van der Waals surface area (Å²) in [7, 11) is 0. The highest BCUT2D eigenvalue weighted by Gasteiger charge is 2.18. The molecule has 1 aromatic carbocycles. The summed E-state index contributed by atoms with van der Waals surface area (Å²) in [4.78, 5) is 13.3. The van der Waals surface area contributed by atoms with E-state index in [4.69, 9.17) is 16.0 Å². The fourth-order valence-electron chi connectivity index (χ4n) is 2.47. The van der Waals surface area contributed by atoms with Gasteiger partial charge in [0.1, 0.15) is 11.5 Å². The summed E-state index contributed by atoms with van der Waals surface area (Å²) >= 11 is 5.58. The quantitative estimate of drug-likeness (QED) is 0.788. The van der Waals surface area contributed by atoms with Crippen LogP contribution in [0.15, 0.2) is 41.0 Å². The highest BCUT2D eigenvalue weighted by atomic mass is 35.5. The Kier molecular flexibility index (Phi) is 3.30. The Labute approximate surface area is 116 Å². The normalized spacial score (nSPS) is 15.6. The van der Waals surface area contributed by atoms with Crippen LogP contribution < -0.4 is 0 Å². The monoisotopic (exact) mass is 275 g/mol. The molecule has 0 saturated heterocycles. The summed E-state index contributed by atoms with van der Waals surface area (Å²) < 4.78 is 5.56. The first-order valence-corrected chi connectivity index (χ1v) is 6.82. The number of rotatable bonds is 2. The van der Waals surface area contributed by atoms with Gasteiger partial charge in [-0.3, -0.25) is 4.79 Å². The van der Waals surface area contributed by atoms with Crippen molar-refractivity contribution < 1.29 is 9.21 Å². The maximum atomic E-state index is 11.5. The number of para-hydroxylation sites is 1. The molecule has 1 aromatic heterocycles. The average Bonchev–Trinajstić information content (AvgIpc) is 2.95. The minimum atomic E-state index is -0.00632. The molecule has 1 amide bonds. The van der Waals surface area contributed by atoms with Crippen molar-refractivity contribution in [2.45, 2.75) is 6.42 Å². The lowest BCUT2D eigenvalue weighted by atomic mass is 9.98. The van der Waals surface area contributed by atoms with Gasteiger partial charge >= 0.3 is 0 Å². The van der Waals surface area contributed by atoms with Gasteiger partial charge in [-0.1, -0.05) is 24.3 Å². The second-order valence-corrected chi connectivity index (χ2v) is 4.86. The molecule has 1 aliphatic rings. The number of halogens is 1. The number of hydrogen-bond acceptors (Lipinski definition) is 2. The second-order valence-electron chi connectivity index (χ2n) is 4.60. The van der Waals surface area contributed by atoms with Crippen molar-refractivity contribution in [2.24, 2.45) is 0 Å². The summed E-state index contributed by atoms with van der Waals surface area (Å²) in [6.07, 6.45) is 4.63. The Morgan fingerprint density at radius 1 is 1.37 bits per heavy atom. The minimum absolute atomic E-state index is 0.00632. The van der Waals surface area contributed by atoms with E-state index in [2.05, 4.69) is 12.1 Å². The molecule has 0 aliphatic carbocycles. The smallest absolute Gasteiger partial charge is 0.237 e. The number of nitrogens with zero attached hydrogens (tertiary/aromatic N) is 1. The Hall–Kier alpha value is -1.74. The van der Waals surface area contributed by atoms with Gasteiger partial charge in [-0.2, -0.15) is 0 Å². The molecule has 0 radical (unpaired) electrons. The Morgan fingerprint density at radius 3 is 3.00 bits per heavy atom. The van der Waals surface area contributed by atoms with Crippen LogP contribution in [0.1, 0.15) is 12.0 Å². The Morgan fingerprint density at radius 2 is 2.26 bits per heavy atom. The Balaban J connectivity index is 1.90. The topological polar surface area (TPSA) is 33.5 Å². The number of amides is 1. The third kappa shape index (κ3) is 2.26. The maximum absolute atomic E-state index is 11.5. The van der Waals surface area contributed by atoms with E-state index < -0.39 is 0 Å². The van der Waals surface area contributed by atoms with Crippen molar-refractivity contribution in [1.82, 2.24) is 4.90 Å². The molecule has 3 nitrogen and oxygen atoms in total. The van der Waals surface area contributed by atoms with Gasteiger partial charge in [0.2, 0.25) is 5.91 Å². The standard InChI is InChI=1S/C15H14ClNO2/c16-10-14(18)17-7-4-11(5-8-17)13-3-1-2-12-6-9-19-15(12)13/h1-4,6,9H,5,7-8,10H2. The zero-order valence-corrected chi connectivity index (χ0v) is 11.2. The summed E-state index contributed by atoms with van der Waals surface area (Å²) in [6, 6.07) is 8.10. The molecule has 0 unspecified atom stereocenters. The van der Waals surface area contributed by atoms with Crippen LogP contribution in [-0.2, 0) is 4.79 Å². The Bertz CT molecular complexity index is 644. The van der Waals surface area contributed by atoms with E-state index >= 15 is 0 Å². The molecule has 0 saturated carbocycles. The predicted molar refractivity (Wildman–Crippen MR) is 76.1 cm³/mol. The first-order valence-electron chi connectivity index (χ1n) is 6.29. The molecule has 98 valence electrons. The van der Waals surface area contributed by atoms with Crippen LogP contribution in [-0.4, -0.2) is 29.8 Å². The van der Waals surface area contributed by atoms with Crippen LogP contribution >= 0.6 is 11.6 Å². The maximum Gasteiger partial charge on any atom is 0.237 e. The fourth-order valence-corrected chi connectivity index (χ4v) is 2.64. The number of carbonyl (C=O) groups excluding carboxylic acids is 1. The summed E-state index contributed by atoms with van der Waals surface area (Å²) in [5.41, 5.74) is 3.28. The molecule has 3 rings (SSSR count). The van der Waals surface area contributed by atoms with Crippen LogP contribution in [0.25, 0.3) is 16.5 Å². The van der Waals surface area contributed by atoms with E-state index in [-0.39, 0.29) is 11.8 Å². The van der Waals surface area contributed by atoms with Crippen LogP contribution in [0.4, 0.5) is 0 Å². The highest BCUT2D eigenvalue weighted by molar-refractivity contribution is 6.27. The average molecular weight is 276 g/mol. The lowest BCUT2D eigenvalue weighted by Gasteiger charge is -2.26. The summed E-state index contributed by atoms with van der Waals surface area (Å²) in [6.45, 7) is 1.34. The molecule has 4 heteroatoms. The molecule has 19 heavy (non-hydrogen) atoms. The minimum Gasteiger partial charge on any atom is -0.464 e. The fraction of sp³-hybridized carbons (Fsp3) is 0.267. The van der Waals surface area contributed by atoms with Crippen molar-refractivity contribution in [3.8, 4) is 0 Å². The number of benzene rings is 1. The predicted octanol–water partition coefficient (Wildman–Crippen LogP) is 3.29. The number of carbonyl (C=O) groups is 1. The molecule has 1 aliphatic heterocycles. The molecule has 0 N–H and O–H groups in total. The highest BCUT2D eigenvalue weighted by Crippen LogP contribution is 2.29. The number of furan rings is 1. The van der Waals surface area contributed by atoms with Crippen LogP contribution in [0.2, 0.25) is 0 Å². The lowest BCUT2D eigenvalue weighted by Crippen LogP contribution is -2.35. The van der Waals surface area contributed by atoms with Gasteiger partial charge in [0, 0.05) is 24.0 Å². The van der Waals surface area contributed by atoms with Gasteiger partial charge < -0.3 is 9.32 Å². The van der Waals surface area contributed by atoms with Gasteiger partial charge in [0.25, 0.3) is 0 Å². The zero-order chi connectivity index (χ0) is 13.2. The van der Waals surface area contributed by atoms with Crippen molar-refractivity contribution in [3.05, 3.63) is 42.2 Å². The second kappa shape index (κ2) is 5.10. The lowest BCUT2D eigenvalue weighted by molar-refractivity contribution is -0.128. The number of hydrogen-bond donors (Lipinski definition) is 0. The van der Waals surface area contributed by atoms with Crippen LogP contribution in [0, 0.1) is 0 Å². The van der Waals surface area contributed by atoms with E-state index in [0.29, 0.717) is 13.1 Å². The van der Waals surface area contributed by atoms with Gasteiger partial charge in [-0.05, 0) is 18.1 Å². The van der Waals surface area contributed by atoms with Crippen LogP contribution in [0.5, 0.6) is 0 Å². The van der Waals surface area contributed by atoms with Gasteiger partial charge in [-0.15, -0.1) is 11.6 Å². The molecule has 2 aromatic rings. The van der Waals surface area contributed by atoms with Gasteiger partial charge in [-0.25, -0.2) is 0 Å². The first-order chi connectivity index (χ1) is 9.29. The number of fused-ring (bicyclic) bond motifs is 1. The molecular weight excluding hydrogens is 262 g/mol.